The number of amides is 3. The summed E-state index contributed by atoms with van der Waals surface area (Å²) in [6, 6.07) is 8.18. The largest absolute Gasteiger partial charge is 0.378 e. The Labute approximate surface area is 178 Å². The number of aryl methyl sites for hydroxylation is 1. The minimum Gasteiger partial charge on any atom is -0.378 e. The van der Waals surface area contributed by atoms with Crippen LogP contribution in [0.4, 0.5) is 4.79 Å². The lowest BCUT2D eigenvalue weighted by atomic mass is 10.0. The van der Waals surface area contributed by atoms with Crippen LogP contribution in [0.2, 0.25) is 0 Å². The van der Waals surface area contributed by atoms with Gasteiger partial charge in [0.05, 0.1) is 32.5 Å². The molecule has 3 amide bonds. The smallest absolute Gasteiger partial charge is 0.318 e. The molecule has 0 unspecified atom stereocenters. The van der Waals surface area contributed by atoms with Gasteiger partial charge in [0.2, 0.25) is 5.91 Å². The van der Waals surface area contributed by atoms with Gasteiger partial charge in [-0.2, -0.15) is 5.26 Å². The molecule has 30 heavy (non-hydrogen) atoms. The van der Waals surface area contributed by atoms with Gasteiger partial charge in [0.1, 0.15) is 12.1 Å². The van der Waals surface area contributed by atoms with Crippen molar-refractivity contribution in [2.45, 2.75) is 45.9 Å². The zero-order valence-electron chi connectivity index (χ0n) is 18.0. The molecule has 0 bridgehead atoms. The summed E-state index contributed by atoms with van der Waals surface area (Å²) in [4.78, 5) is 26.9. The molecule has 1 fully saturated rings. The molecule has 0 spiro atoms. The number of ether oxygens (including phenoxy) is 2. The molecular weight excluding hydrogens is 384 g/mol. The molecule has 0 aliphatic carbocycles. The molecule has 8 heteroatoms. The topological polar surface area (TPSA) is 104 Å². The van der Waals surface area contributed by atoms with Crippen LogP contribution in [0.15, 0.2) is 24.3 Å². The van der Waals surface area contributed by atoms with Gasteiger partial charge in [-0.15, -0.1) is 0 Å². The molecule has 0 saturated carbocycles. The van der Waals surface area contributed by atoms with Crippen LogP contribution in [-0.2, 0) is 20.9 Å². The highest BCUT2D eigenvalue weighted by atomic mass is 16.5. The fourth-order valence-electron chi connectivity index (χ4n) is 3.19. The highest BCUT2D eigenvalue weighted by Gasteiger charge is 2.27. The number of carbonyl (C=O) groups is 2. The second-order valence-corrected chi connectivity index (χ2v) is 7.93. The van der Waals surface area contributed by atoms with Crippen molar-refractivity contribution >= 4 is 11.9 Å². The number of hydrogen-bond donors (Lipinski definition) is 2. The zero-order valence-corrected chi connectivity index (χ0v) is 18.0. The third-order valence-corrected chi connectivity index (χ3v) is 4.73. The Morgan fingerprint density at radius 3 is 2.63 bits per heavy atom. The van der Waals surface area contributed by atoms with Crippen LogP contribution in [-0.4, -0.2) is 61.8 Å². The molecule has 1 heterocycles. The van der Waals surface area contributed by atoms with Crippen molar-refractivity contribution in [2.24, 2.45) is 5.92 Å². The van der Waals surface area contributed by atoms with Crippen molar-refractivity contribution in [3.8, 4) is 6.07 Å². The molecule has 2 atom stereocenters. The van der Waals surface area contributed by atoms with Crippen LogP contribution < -0.4 is 10.6 Å². The van der Waals surface area contributed by atoms with Crippen LogP contribution in [0.1, 0.15) is 31.4 Å². The summed E-state index contributed by atoms with van der Waals surface area (Å²) >= 11 is 0. The zero-order chi connectivity index (χ0) is 21.9. The van der Waals surface area contributed by atoms with Crippen molar-refractivity contribution in [1.29, 1.82) is 5.26 Å². The van der Waals surface area contributed by atoms with E-state index in [2.05, 4.69) is 16.7 Å². The summed E-state index contributed by atoms with van der Waals surface area (Å²) in [5.41, 5.74) is 2.14. The van der Waals surface area contributed by atoms with Crippen LogP contribution >= 0.6 is 0 Å². The number of hydrogen-bond acceptors (Lipinski definition) is 5. The summed E-state index contributed by atoms with van der Waals surface area (Å²) in [6.07, 6.45) is 0.476. The van der Waals surface area contributed by atoms with Crippen molar-refractivity contribution in [3.63, 3.8) is 0 Å². The second-order valence-electron chi connectivity index (χ2n) is 7.93. The third kappa shape index (κ3) is 8.01. The Hall–Kier alpha value is -2.63. The molecule has 1 aliphatic rings. The first kappa shape index (κ1) is 23.6. The number of carbonyl (C=O) groups excluding carboxylic acids is 2. The maximum Gasteiger partial charge on any atom is 0.318 e. The molecule has 1 aromatic carbocycles. The molecule has 2 N–H and O–H groups in total. The summed E-state index contributed by atoms with van der Waals surface area (Å²) < 4.78 is 10.9. The van der Waals surface area contributed by atoms with E-state index in [1.807, 2.05) is 45.0 Å². The van der Waals surface area contributed by atoms with E-state index in [0.29, 0.717) is 39.3 Å². The van der Waals surface area contributed by atoms with E-state index in [-0.39, 0.29) is 24.5 Å². The monoisotopic (exact) mass is 416 g/mol. The number of nitrogens with zero attached hydrogens (tertiary/aromatic N) is 2. The van der Waals surface area contributed by atoms with Gasteiger partial charge in [-0.25, -0.2) is 4.79 Å². The molecule has 0 radical (unpaired) electrons. The molecule has 8 nitrogen and oxygen atoms in total. The van der Waals surface area contributed by atoms with Gasteiger partial charge >= 0.3 is 6.03 Å². The SMILES string of the molecule is Cc1cccc(COC[C@@H](C#N)NC(=O)[C@H](CC(C)C)NC(=O)N2CCOCC2)c1. The molecule has 0 aromatic heterocycles. The van der Waals surface area contributed by atoms with E-state index in [1.165, 1.54) is 0 Å². The number of rotatable bonds is 9. The summed E-state index contributed by atoms with van der Waals surface area (Å²) in [5, 5.41) is 14.9. The van der Waals surface area contributed by atoms with Gasteiger partial charge in [0.15, 0.2) is 0 Å². The average molecular weight is 417 g/mol. The van der Waals surface area contributed by atoms with Gasteiger partial charge in [0, 0.05) is 13.1 Å². The molecule has 164 valence electrons. The molecule has 1 aromatic rings. The quantitative estimate of drug-likeness (QED) is 0.641. The Morgan fingerprint density at radius 2 is 2.00 bits per heavy atom. The van der Waals surface area contributed by atoms with Gasteiger partial charge in [-0.05, 0) is 24.8 Å². The summed E-state index contributed by atoms with van der Waals surface area (Å²) in [7, 11) is 0. The minimum atomic E-state index is -0.794. The van der Waals surface area contributed by atoms with E-state index in [0.717, 1.165) is 11.1 Å². The van der Waals surface area contributed by atoms with E-state index < -0.39 is 12.1 Å². The minimum absolute atomic E-state index is 0.0714. The molecule has 2 rings (SSSR count). The van der Waals surface area contributed by atoms with E-state index in [1.54, 1.807) is 4.90 Å². The highest BCUT2D eigenvalue weighted by Crippen LogP contribution is 2.08. The molecular formula is C22H32N4O4. The van der Waals surface area contributed by atoms with Gasteiger partial charge in [0.25, 0.3) is 0 Å². The Bertz CT molecular complexity index is 741. The van der Waals surface area contributed by atoms with E-state index in [9.17, 15) is 14.9 Å². The van der Waals surface area contributed by atoms with Crippen molar-refractivity contribution in [2.75, 3.05) is 32.9 Å². The first-order valence-electron chi connectivity index (χ1n) is 10.4. The summed E-state index contributed by atoms with van der Waals surface area (Å²) in [5.74, 6) is -0.181. The number of nitriles is 1. The maximum atomic E-state index is 12.8. The van der Waals surface area contributed by atoms with Crippen molar-refractivity contribution in [3.05, 3.63) is 35.4 Å². The number of urea groups is 1. The molecule has 1 aliphatic heterocycles. The summed E-state index contributed by atoms with van der Waals surface area (Å²) in [6.45, 7) is 8.36. The highest BCUT2D eigenvalue weighted by molar-refractivity contribution is 5.87. The lowest BCUT2D eigenvalue weighted by molar-refractivity contribution is -0.124. The van der Waals surface area contributed by atoms with Gasteiger partial charge in [-0.1, -0.05) is 43.7 Å². The Kier molecular flexibility index (Phi) is 9.58. The van der Waals surface area contributed by atoms with E-state index >= 15 is 0 Å². The predicted molar refractivity (Wildman–Crippen MR) is 113 cm³/mol. The fourth-order valence-corrected chi connectivity index (χ4v) is 3.19. The van der Waals surface area contributed by atoms with Crippen molar-refractivity contribution in [1.82, 2.24) is 15.5 Å². The number of benzene rings is 1. The second kappa shape index (κ2) is 12.2. The van der Waals surface area contributed by atoms with Gasteiger partial charge in [-0.3, -0.25) is 4.79 Å². The lowest BCUT2D eigenvalue weighted by Gasteiger charge is -2.29. The first-order chi connectivity index (χ1) is 14.4. The fraction of sp³-hybridized carbons (Fsp3) is 0.591. The van der Waals surface area contributed by atoms with Crippen molar-refractivity contribution < 1.29 is 19.1 Å². The maximum absolute atomic E-state index is 12.8. The van der Waals surface area contributed by atoms with Gasteiger partial charge < -0.3 is 25.0 Å². The molecule has 1 saturated heterocycles. The third-order valence-electron chi connectivity index (χ3n) is 4.73. The average Bonchev–Trinajstić information content (AvgIpc) is 2.72. The first-order valence-corrected chi connectivity index (χ1v) is 10.4. The Balaban J connectivity index is 1.88. The number of nitrogens with one attached hydrogen (secondary N) is 2. The van der Waals surface area contributed by atoms with E-state index in [4.69, 9.17) is 9.47 Å². The number of morpholine rings is 1. The lowest BCUT2D eigenvalue weighted by Crippen LogP contribution is -2.55. The van der Waals surface area contributed by atoms with Crippen LogP contribution in [0.5, 0.6) is 0 Å². The predicted octanol–water partition coefficient (Wildman–Crippen LogP) is 1.98. The standard InChI is InChI=1S/C22H32N4O4/c1-16(2)11-20(25-22(28)26-7-9-29-10-8-26)21(27)24-19(13-23)15-30-14-18-6-4-5-17(3)12-18/h4-6,12,16,19-20H,7-11,14-15H2,1-3H3,(H,24,27)(H,25,28)/t19-,20+/m1/s1. The van der Waals surface area contributed by atoms with Crippen LogP contribution in [0.25, 0.3) is 0 Å². The van der Waals surface area contributed by atoms with Crippen LogP contribution in [0, 0.1) is 24.2 Å². The normalized spacial score (nSPS) is 15.9. The Morgan fingerprint density at radius 1 is 1.27 bits per heavy atom. The van der Waals surface area contributed by atoms with Crippen LogP contribution in [0.3, 0.4) is 0 Å².